The molecule has 1 aromatic heterocycles. The highest BCUT2D eigenvalue weighted by atomic mass is 35.5. The summed E-state index contributed by atoms with van der Waals surface area (Å²) in [4.78, 5) is 13.8. The van der Waals surface area contributed by atoms with Gasteiger partial charge in [0.25, 0.3) is 5.91 Å². The molecule has 0 radical (unpaired) electrons. The molecule has 4 aromatic rings. The lowest BCUT2D eigenvalue weighted by Crippen LogP contribution is -2.20. The molecule has 7 nitrogen and oxygen atoms in total. The van der Waals surface area contributed by atoms with Crippen LogP contribution < -0.4 is 14.8 Å². The molecule has 0 unspecified atom stereocenters. The number of rotatable bonds is 6. The van der Waals surface area contributed by atoms with Crippen LogP contribution in [0.5, 0.6) is 11.5 Å². The smallest absolute Gasteiger partial charge is 0.262 e. The van der Waals surface area contributed by atoms with Gasteiger partial charge in [0.2, 0.25) is 0 Å². The Hall–Kier alpha value is -3.58. The van der Waals surface area contributed by atoms with Crippen LogP contribution in [0.3, 0.4) is 0 Å². The zero-order chi connectivity index (χ0) is 20.2. The Morgan fingerprint density at radius 3 is 2.34 bits per heavy atom. The molecule has 29 heavy (non-hydrogen) atoms. The van der Waals surface area contributed by atoms with Gasteiger partial charge >= 0.3 is 0 Å². The van der Waals surface area contributed by atoms with E-state index in [-0.39, 0.29) is 12.5 Å². The van der Waals surface area contributed by atoms with Gasteiger partial charge in [0.05, 0.1) is 23.5 Å². The predicted molar refractivity (Wildman–Crippen MR) is 111 cm³/mol. The van der Waals surface area contributed by atoms with Crippen molar-refractivity contribution in [1.82, 2.24) is 15.0 Å². The van der Waals surface area contributed by atoms with Gasteiger partial charge in [0.1, 0.15) is 22.5 Å². The molecule has 1 N–H and O–H groups in total. The van der Waals surface area contributed by atoms with Crippen molar-refractivity contribution in [3.63, 3.8) is 0 Å². The summed E-state index contributed by atoms with van der Waals surface area (Å²) in [5, 5.41) is 12.0. The number of carbonyl (C=O) groups is 1. The molecule has 0 aliphatic heterocycles. The Morgan fingerprint density at radius 1 is 1.00 bits per heavy atom. The largest absolute Gasteiger partial charge is 0.497 e. The standard InChI is InChI=1S/C21H17ClN4O3/c1-28-15-7-9-16(10-8-15)29-13-21(27)23-18-12-20-19(11-17(18)22)24-26(25-20)14-5-3-2-4-6-14/h2-12H,13H2,1H3,(H,23,27). The number of nitrogens with one attached hydrogen (secondary N) is 1. The lowest BCUT2D eigenvalue weighted by molar-refractivity contribution is -0.118. The van der Waals surface area contributed by atoms with Gasteiger partial charge in [-0.1, -0.05) is 29.8 Å². The molecule has 3 aromatic carbocycles. The molecule has 0 aliphatic carbocycles. The van der Waals surface area contributed by atoms with Crippen molar-refractivity contribution in [2.45, 2.75) is 0 Å². The molecular formula is C21H17ClN4O3. The quantitative estimate of drug-likeness (QED) is 0.519. The number of halogens is 1. The van der Waals surface area contributed by atoms with Crippen LogP contribution in [0.4, 0.5) is 5.69 Å². The molecule has 0 bridgehead atoms. The van der Waals surface area contributed by atoms with Crippen molar-refractivity contribution in [2.24, 2.45) is 0 Å². The minimum Gasteiger partial charge on any atom is -0.497 e. The van der Waals surface area contributed by atoms with E-state index in [4.69, 9.17) is 21.1 Å². The second-order valence-electron chi connectivity index (χ2n) is 6.16. The summed E-state index contributed by atoms with van der Waals surface area (Å²) in [6, 6.07) is 19.9. The molecule has 8 heteroatoms. The number of nitrogens with zero attached hydrogens (tertiary/aromatic N) is 3. The third kappa shape index (κ3) is 4.30. The number of benzene rings is 3. The number of para-hydroxylation sites is 1. The first-order valence-corrected chi connectivity index (χ1v) is 9.19. The van der Waals surface area contributed by atoms with Gasteiger partial charge < -0.3 is 14.8 Å². The average molecular weight is 409 g/mol. The van der Waals surface area contributed by atoms with Crippen LogP contribution in [0, 0.1) is 0 Å². The highest BCUT2D eigenvalue weighted by Crippen LogP contribution is 2.27. The van der Waals surface area contributed by atoms with Crippen LogP contribution in [0.2, 0.25) is 5.02 Å². The summed E-state index contributed by atoms with van der Waals surface area (Å²) in [6.45, 7) is -0.155. The summed E-state index contributed by atoms with van der Waals surface area (Å²) in [5.41, 5.74) is 2.52. The molecule has 0 aliphatic rings. The maximum Gasteiger partial charge on any atom is 0.262 e. The Labute approximate surface area is 171 Å². The van der Waals surface area contributed by atoms with Gasteiger partial charge in [-0.25, -0.2) is 0 Å². The van der Waals surface area contributed by atoms with Crippen LogP contribution >= 0.6 is 11.6 Å². The number of carbonyl (C=O) groups excluding carboxylic acids is 1. The normalized spacial score (nSPS) is 10.7. The lowest BCUT2D eigenvalue weighted by atomic mass is 10.2. The Balaban J connectivity index is 1.46. The van der Waals surface area contributed by atoms with Crippen LogP contribution in [0.25, 0.3) is 16.7 Å². The number of ether oxygens (including phenoxy) is 2. The van der Waals surface area contributed by atoms with Crippen LogP contribution in [0.15, 0.2) is 66.7 Å². The molecule has 4 rings (SSSR count). The fourth-order valence-electron chi connectivity index (χ4n) is 2.72. The zero-order valence-corrected chi connectivity index (χ0v) is 16.3. The Morgan fingerprint density at radius 2 is 1.66 bits per heavy atom. The van der Waals surface area contributed by atoms with E-state index in [0.29, 0.717) is 33.2 Å². The van der Waals surface area contributed by atoms with Crippen molar-refractivity contribution in [3.05, 3.63) is 71.8 Å². The van der Waals surface area contributed by atoms with Gasteiger partial charge in [0, 0.05) is 0 Å². The monoisotopic (exact) mass is 408 g/mol. The number of methoxy groups -OCH3 is 1. The third-order valence-electron chi connectivity index (χ3n) is 4.16. The first kappa shape index (κ1) is 18.8. The second kappa shape index (κ2) is 8.20. The van der Waals surface area contributed by atoms with Gasteiger partial charge in [0.15, 0.2) is 6.61 Å². The van der Waals surface area contributed by atoms with E-state index in [9.17, 15) is 4.79 Å². The van der Waals surface area contributed by atoms with E-state index in [1.165, 1.54) is 4.80 Å². The number of amides is 1. The van der Waals surface area contributed by atoms with Crippen molar-refractivity contribution < 1.29 is 14.3 Å². The first-order valence-electron chi connectivity index (χ1n) is 8.81. The van der Waals surface area contributed by atoms with Crippen molar-refractivity contribution >= 4 is 34.2 Å². The summed E-state index contributed by atoms with van der Waals surface area (Å²) < 4.78 is 10.6. The van der Waals surface area contributed by atoms with E-state index in [1.54, 1.807) is 43.5 Å². The van der Waals surface area contributed by atoms with E-state index < -0.39 is 0 Å². The Kier molecular flexibility index (Phi) is 5.31. The number of hydrogen-bond donors (Lipinski definition) is 1. The van der Waals surface area contributed by atoms with Gasteiger partial charge in [-0.15, -0.1) is 10.2 Å². The Bertz CT molecular complexity index is 1140. The van der Waals surface area contributed by atoms with Gasteiger partial charge in [-0.2, -0.15) is 4.80 Å². The molecule has 0 spiro atoms. The summed E-state index contributed by atoms with van der Waals surface area (Å²) in [6.07, 6.45) is 0. The number of hydrogen-bond acceptors (Lipinski definition) is 5. The highest BCUT2D eigenvalue weighted by Gasteiger charge is 2.12. The summed E-state index contributed by atoms with van der Waals surface area (Å²) in [7, 11) is 1.59. The highest BCUT2D eigenvalue weighted by molar-refractivity contribution is 6.34. The van der Waals surface area contributed by atoms with Crippen LogP contribution in [-0.4, -0.2) is 34.6 Å². The van der Waals surface area contributed by atoms with Crippen molar-refractivity contribution in [1.29, 1.82) is 0 Å². The third-order valence-corrected chi connectivity index (χ3v) is 4.47. The SMILES string of the molecule is COc1ccc(OCC(=O)Nc2cc3nn(-c4ccccc4)nc3cc2Cl)cc1. The minimum atomic E-state index is -0.336. The van der Waals surface area contributed by atoms with Crippen LogP contribution in [-0.2, 0) is 4.79 Å². The van der Waals surface area contributed by atoms with E-state index in [2.05, 4.69) is 15.5 Å². The maximum atomic E-state index is 12.3. The number of aromatic nitrogens is 3. The molecule has 0 fully saturated rings. The zero-order valence-electron chi connectivity index (χ0n) is 15.5. The minimum absolute atomic E-state index is 0.155. The molecule has 0 atom stereocenters. The molecular weight excluding hydrogens is 392 g/mol. The summed E-state index contributed by atoms with van der Waals surface area (Å²) in [5.74, 6) is 0.941. The molecule has 0 saturated heterocycles. The summed E-state index contributed by atoms with van der Waals surface area (Å²) >= 11 is 6.31. The average Bonchev–Trinajstić information content (AvgIpc) is 3.16. The van der Waals surface area contributed by atoms with E-state index >= 15 is 0 Å². The maximum absolute atomic E-state index is 12.3. The predicted octanol–water partition coefficient (Wildman–Crippen LogP) is 4.10. The molecule has 1 heterocycles. The van der Waals surface area contributed by atoms with E-state index in [0.717, 1.165) is 5.69 Å². The second-order valence-corrected chi connectivity index (χ2v) is 6.57. The van der Waals surface area contributed by atoms with Gasteiger partial charge in [-0.3, -0.25) is 4.79 Å². The number of anilines is 1. The fraction of sp³-hybridized carbons (Fsp3) is 0.0952. The van der Waals surface area contributed by atoms with Crippen LogP contribution in [0.1, 0.15) is 0 Å². The topological polar surface area (TPSA) is 78.3 Å². The fourth-order valence-corrected chi connectivity index (χ4v) is 2.92. The first-order chi connectivity index (χ1) is 14.1. The van der Waals surface area contributed by atoms with E-state index in [1.807, 2.05) is 30.3 Å². The van der Waals surface area contributed by atoms with Crippen molar-refractivity contribution in [2.75, 3.05) is 19.0 Å². The lowest BCUT2D eigenvalue weighted by Gasteiger charge is -2.09. The number of fused-ring (bicyclic) bond motifs is 1. The van der Waals surface area contributed by atoms with Crippen molar-refractivity contribution in [3.8, 4) is 17.2 Å². The molecule has 1 amide bonds. The molecule has 0 saturated carbocycles. The van der Waals surface area contributed by atoms with Gasteiger partial charge in [-0.05, 0) is 48.5 Å². The molecule has 146 valence electrons.